The molecule has 0 radical (unpaired) electrons. The minimum absolute atomic E-state index is 0.0795. The molecule has 7 nitrogen and oxygen atoms in total. The van der Waals surface area contributed by atoms with Gasteiger partial charge in [-0.15, -0.1) is 12.3 Å². The van der Waals surface area contributed by atoms with Crippen molar-refractivity contribution in [1.29, 1.82) is 0 Å². The van der Waals surface area contributed by atoms with E-state index < -0.39 is 18.0 Å². The second kappa shape index (κ2) is 12.4. The number of hydrogen-bond acceptors (Lipinski definition) is 4. The van der Waals surface area contributed by atoms with Crippen molar-refractivity contribution < 1.29 is 19.1 Å². The van der Waals surface area contributed by atoms with Gasteiger partial charge in [0, 0.05) is 19.4 Å². The van der Waals surface area contributed by atoms with Crippen LogP contribution in [0.4, 0.5) is 4.79 Å². The zero-order valence-electron chi connectivity index (χ0n) is 14.7. The first-order valence-corrected chi connectivity index (χ1v) is 8.49. The summed E-state index contributed by atoms with van der Waals surface area (Å²) < 4.78 is 5.09. The molecule has 0 saturated carbocycles. The third kappa shape index (κ3) is 9.33. The average molecular weight is 359 g/mol. The van der Waals surface area contributed by atoms with Crippen molar-refractivity contribution >= 4 is 17.9 Å². The quantitative estimate of drug-likeness (QED) is 0.410. The summed E-state index contributed by atoms with van der Waals surface area (Å²) in [6.07, 6.45) is 7.11. The molecule has 1 atom stereocenters. The van der Waals surface area contributed by atoms with E-state index in [1.165, 1.54) is 0 Å². The number of carbonyl (C=O) groups excluding carboxylic acids is 3. The van der Waals surface area contributed by atoms with Gasteiger partial charge in [0.1, 0.15) is 12.6 Å². The van der Waals surface area contributed by atoms with E-state index in [1.54, 1.807) is 0 Å². The van der Waals surface area contributed by atoms with Gasteiger partial charge in [0.25, 0.3) is 0 Å². The Hall–Kier alpha value is -3.01. The van der Waals surface area contributed by atoms with E-state index in [0.717, 1.165) is 18.4 Å². The van der Waals surface area contributed by atoms with E-state index >= 15 is 0 Å². The van der Waals surface area contributed by atoms with E-state index in [-0.39, 0.29) is 25.4 Å². The summed E-state index contributed by atoms with van der Waals surface area (Å²) in [7, 11) is 0. The summed E-state index contributed by atoms with van der Waals surface area (Å²) in [5, 5.41) is 5.17. The minimum atomic E-state index is -0.825. The Kier molecular flexibility index (Phi) is 10.0. The van der Waals surface area contributed by atoms with E-state index in [4.69, 9.17) is 16.9 Å². The molecule has 0 aliphatic heterocycles. The van der Waals surface area contributed by atoms with Crippen LogP contribution in [-0.4, -0.2) is 30.5 Å². The highest BCUT2D eigenvalue weighted by Gasteiger charge is 2.16. The molecular formula is C19H25N3O4. The molecule has 4 N–H and O–H groups in total. The van der Waals surface area contributed by atoms with Crippen molar-refractivity contribution in [1.82, 2.24) is 10.6 Å². The smallest absolute Gasteiger partial charge is 0.407 e. The zero-order valence-corrected chi connectivity index (χ0v) is 14.7. The third-order valence-electron chi connectivity index (χ3n) is 3.56. The van der Waals surface area contributed by atoms with Crippen molar-refractivity contribution in [2.45, 2.75) is 44.8 Å². The van der Waals surface area contributed by atoms with E-state index in [0.29, 0.717) is 13.0 Å². The van der Waals surface area contributed by atoms with Gasteiger partial charge < -0.3 is 21.1 Å². The van der Waals surface area contributed by atoms with Crippen LogP contribution in [0.1, 0.15) is 37.7 Å². The number of ether oxygens (including phenoxy) is 1. The lowest BCUT2D eigenvalue weighted by Gasteiger charge is -2.12. The second-order valence-electron chi connectivity index (χ2n) is 5.73. The number of amides is 3. The Morgan fingerprint density at radius 2 is 1.88 bits per heavy atom. The lowest BCUT2D eigenvalue weighted by atomic mass is 10.1. The van der Waals surface area contributed by atoms with Crippen LogP contribution in [0, 0.1) is 12.3 Å². The summed E-state index contributed by atoms with van der Waals surface area (Å²) in [6.45, 7) is 0.696. The van der Waals surface area contributed by atoms with Crippen LogP contribution in [0.25, 0.3) is 0 Å². The second-order valence-corrected chi connectivity index (χ2v) is 5.73. The highest BCUT2D eigenvalue weighted by atomic mass is 16.5. The molecule has 0 spiro atoms. The van der Waals surface area contributed by atoms with Crippen LogP contribution in [0.15, 0.2) is 30.3 Å². The molecule has 3 amide bonds. The van der Waals surface area contributed by atoms with E-state index in [2.05, 4.69) is 16.6 Å². The van der Waals surface area contributed by atoms with Crippen molar-refractivity contribution in [3.63, 3.8) is 0 Å². The van der Waals surface area contributed by atoms with Crippen LogP contribution < -0.4 is 16.4 Å². The van der Waals surface area contributed by atoms with Gasteiger partial charge in [-0.25, -0.2) is 4.79 Å². The molecule has 0 aliphatic carbocycles. The van der Waals surface area contributed by atoms with Crippen LogP contribution >= 0.6 is 0 Å². The molecule has 0 heterocycles. The maximum atomic E-state index is 11.7. The van der Waals surface area contributed by atoms with Gasteiger partial charge in [0.05, 0.1) is 0 Å². The molecule has 0 bridgehead atoms. The summed E-state index contributed by atoms with van der Waals surface area (Å²) in [5.41, 5.74) is 6.08. The highest BCUT2D eigenvalue weighted by Crippen LogP contribution is 2.02. The molecule has 0 saturated heterocycles. The Labute approximate surface area is 153 Å². The van der Waals surface area contributed by atoms with Gasteiger partial charge >= 0.3 is 6.09 Å². The molecule has 1 aromatic carbocycles. The maximum Gasteiger partial charge on any atom is 0.407 e. The third-order valence-corrected chi connectivity index (χ3v) is 3.56. The molecule has 0 unspecified atom stereocenters. The first kappa shape index (κ1) is 21.0. The van der Waals surface area contributed by atoms with Crippen LogP contribution in [-0.2, 0) is 20.9 Å². The fourth-order valence-corrected chi connectivity index (χ4v) is 2.16. The number of alkyl carbamates (subject to hydrolysis) is 1. The van der Waals surface area contributed by atoms with E-state index in [9.17, 15) is 14.4 Å². The number of terminal acetylenes is 1. The van der Waals surface area contributed by atoms with Crippen LogP contribution in [0.3, 0.4) is 0 Å². The van der Waals surface area contributed by atoms with Gasteiger partial charge in [0.15, 0.2) is 0 Å². The molecule has 7 heteroatoms. The number of unbranched alkanes of at least 4 members (excludes halogenated alkanes) is 2. The van der Waals surface area contributed by atoms with Crippen LogP contribution in [0.2, 0.25) is 0 Å². The number of benzene rings is 1. The normalized spacial score (nSPS) is 11.0. The number of primary amides is 1. The van der Waals surface area contributed by atoms with Crippen molar-refractivity contribution in [3.8, 4) is 12.3 Å². The fourth-order valence-electron chi connectivity index (χ4n) is 2.16. The molecule has 26 heavy (non-hydrogen) atoms. The average Bonchev–Trinajstić information content (AvgIpc) is 2.63. The SMILES string of the molecule is C#CC[C@@H](NC(=O)CCCCCNC(=O)OCc1ccccc1)C(N)=O. The van der Waals surface area contributed by atoms with Crippen molar-refractivity contribution in [3.05, 3.63) is 35.9 Å². The molecule has 1 rings (SSSR count). The molecule has 0 fully saturated rings. The molecular weight excluding hydrogens is 334 g/mol. The summed E-state index contributed by atoms with van der Waals surface area (Å²) >= 11 is 0. The molecule has 140 valence electrons. The standard InChI is InChI=1S/C19H25N3O4/c1-2-9-16(18(20)24)22-17(23)12-7-4-8-13-21-19(25)26-14-15-10-5-3-6-11-15/h1,3,5-6,10-11,16H,4,7-9,12-14H2,(H2,20,24)(H,21,25)(H,22,23)/t16-/m1/s1. The molecule has 1 aromatic rings. The monoisotopic (exact) mass is 359 g/mol. The first-order valence-electron chi connectivity index (χ1n) is 8.49. The zero-order chi connectivity index (χ0) is 19.2. The number of carbonyl (C=O) groups is 3. The first-order chi connectivity index (χ1) is 12.5. The topological polar surface area (TPSA) is 111 Å². The largest absolute Gasteiger partial charge is 0.445 e. The van der Waals surface area contributed by atoms with Gasteiger partial charge in [-0.3, -0.25) is 9.59 Å². The van der Waals surface area contributed by atoms with Gasteiger partial charge in [-0.1, -0.05) is 36.8 Å². The fraction of sp³-hybridized carbons (Fsp3) is 0.421. The van der Waals surface area contributed by atoms with Crippen LogP contribution in [0.5, 0.6) is 0 Å². The number of nitrogens with one attached hydrogen (secondary N) is 2. The van der Waals surface area contributed by atoms with Crippen molar-refractivity contribution in [2.75, 3.05) is 6.54 Å². The Morgan fingerprint density at radius 3 is 2.54 bits per heavy atom. The minimum Gasteiger partial charge on any atom is -0.445 e. The van der Waals surface area contributed by atoms with Gasteiger partial charge in [-0.05, 0) is 18.4 Å². The Balaban J connectivity index is 2.06. The Bertz CT molecular complexity index is 625. The maximum absolute atomic E-state index is 11.7. The predicted molar refractivity (Wildman–Crippen MR) is 97.7 cm³/mol. The Morgan fingerprint density at radius 1 is 1.15 bits per heavy atom. The highest BCUT2D eigenvalue weighted by molar-refractivity contribution is 5.86. The molecule has 0 aromatic heterocycles. The number of hydrogen-bond donors (Lipinski definition) is 3. The summed E-state index contributed by atoms with van der Waals surface area (Å²) in [4.78, 5) is 34.4. The lowest BCUT2D eigenvalue weighted by Crippen LogP contribution is -2.44. The number of nitrogens with two attached hydrogens (primary N) is 1. The summed E-state index contributed by atoms with van der Waals surface area (Å²) in [5.74, 6) is 1.39. The summed E-state index contributed by atoms with van der Waals surface area (Å²) in [6, 6.07) is 8.59. The van der Waals surface area contributed by atoms with E-state index in [1.807, 2.05) is 30.3 Å². The number of rotatable bonds is 11. The molecule has 0 aliphatic rings. The predicted octanol–water partition coefficient (Wildman–Crippen LogP) is 1.47. The van der Waals surface area contributed by atoms with Gasteiger partial charge in [-0.2, -0.15) is 0 Å². The lowest BCUT2D eigenvalue weighted by molar-refractivity contribution is -0.127. The van der Waals surface area contributed by atoms with Gasteiger partial charge in [0.2, 0.25) is 11.8 Å². The van der Waals surface area contributed by atoms with Crippen molar-refractivity contribution in [2.24, 2.45) is 5.73 Å².